The lowest BCUT2D eigenvalue weighted by Gasteiger charge is -2.11. The first-order chi connectivity index (χ1) is 15.9. The van der Waals surface area contributed by atoms with Crippen LogP contribution in [0.15, 0.2) is 104 Å². The molecule has 7 rings (SSSR count). The Hall–Kier alpha value is -4.51. The summed E-state index contributed by atoms with van der Waals surface area (Å²) >= 11 is 0. The number of benzene rings is 3. The van der Waals surface area contributed by atoms with E-state index in [2.05, 4.69) is 91.9 Å². The van der Waals surface area contributed by atoms with Gasteiger partial charge in [0.2, 0.25) is 0 Å². The third kappa shape index (κ3) is 2.25. The van der Waals surface area contributed by atoms with Gasteiger partial charge in [-0.3, -0.25) is 9.55 Å². The molecule has 0 aliphatic carbocycles. The summed E-state index contributed by atoms with van der Waals surface area (Å²) in [6.07, 6.45) is 5.38. The van der Waals surface area contributed by atoms with Gasteiger partial charge in [0, 0.05) is 34.2 Å². The SMILES string of the molecule is c1ccc(-n2c3ccccc3c3cnc4c5ccccc5n(-c5ccncn5)c4c32)cc1. The average Bonchev–Trinajstić information content (AvgIpc) is 3.38. The van der Waals surface area contributed by atoms with Crippen molar-refractivity contribution >= 4 is 43.7 Å². The molecule has 0 spiro atoms. The molecule has 0 saturated carbocycles. The van der Waals surface area contributed by atoms with Crippen molar-refractivity contribution in [1.29, 1.82) is 0 Å². The molecule has 0 atom stereocenters. The zero-order valence-corrected chi connectivity index (χ0v) is 17.1. The maximum absolute atomic E-state index is 4.96. The van der Waals surface area contributed by atoms with Crippen LogP contribution in [0, 0.1) is 0 Å². The molecule has 0 amide bonds. The highest BCUT2D eigenvalue weighted by Crippen LogP contribution is 2.39. The molecule has 0 fully saturated rings. The molecule has 5 heteroatoms. The van der Waals surface area contributed by atoms with Crippen LogP contribution >= 0.6 is 0 Å². The lowest BCUT2D eigenvalue weighted by Crippen LogP contribution is -2.00. The Bertz CT molecular complexity index is 1630. The molecule has 150 valence electrons. The zero-order valence-electron chi connectivity index (χ0n) is 17.1. The van der Waals surface area contributed by atoms with E-state index in [1.807, 2.05) is 18.3 Å². The quantitative estimate of drug-likeness (QED) is 0.347. The van der Waals surface area contributed by atoms with Gasteiger partial charge in [0.25, 0.3) is 0 Å². The summed E-state index contributed by atoms with van der Waals surface area (Å²) < 4.78 is 4.55. The van der Waals surface area contributed by atoms with Gasteiger partial charge in [-0.1, -0.05) is 54.6 Å². The lowest BCUT2D eigenvalue weighted by molar-refractivity contribution is 1.03. The first kappa shape index (κ1) is 17.2. The van der Waals surface area contributed by atoms with E-state index in [1.54, 1.807) is 12.5 Å². The van der Waals surface area contributed by atoms with Crippen molar-refractivity contribution in [1.82, 2.24) is 24.1 Å². The van der Waals surface area contributed by atoms with Gasteiger partial charge in [0.15, 0.2) is 0 Å². The zero-order chi connectivity index (χ0) is 21.1. The molecule has 0 aliphatic heterocycles. The van der Waals surface area contributed by atoms with Crippen molar-refractivity contribution in [3.8, 4) is 11.5 Å². The highest BCUT2D eigenvalue weighted by molar-refractivity contribution is 6.22. The predicted molar refractivity (Wildman–Crippen MR) is 129 cm³/mol. The standard InChI is InChI=1S/C27H17N5/c1-2-8-18(9-3-1)31-22-12-6-4-10-19(22)21-16-29-25-20-11-5-7-13-23(20)32(27(25)26(21)31)24-14-15-28-17-30-24/h1-17H. The molecule has 0 N–H and O–H groups in total. The molecule has 7 aromatic rings. The van der Waals surface area contributed by atoms with Gasteiger partial charge in [0.1, 0.15) is 12.1 Å². The minimum absolute atomic E-state index is 0.824. The second-order valence-electron chi connectivity index (χ2n) is 7.83. The van der Waals surface area contributed by atoms with Crippen LogP contribution in [0.3, 0.4) is 0 Å². The fourth-order valence-electron chi connectivity index (χ4n) is 4.83. The number of rotatable bonds is 2. The number of fused-ring (bicyclic) bond motifs is 7. The normalized spacial score (nSPS) is 11.8. The Morgan fingerprint density at radius 2 is 1.28 bits per heavy atom. The van der Waals surface area contributed by atoms with Crippen molar-refractivity contribution in [3.05, 3.63) is 104 Å². The molecule has 0 aliphatic rings. The summed E-state index contributed by atoms with van der Waals surface area (Å²) in [6.45, 7) is 0. The minimum Gasteiger partial charge on any atom is -0.307 e. The van der Waals surface area contributed by atoms with Crippen molar-refractivity contribution < 1.29 is 0 Å². The van der Waals surface area contributed by atoms with Gasteiger partial charge in [-0.2, -0.15) is 0 Å². The van der Waals surface area contributed by atoms with Crippen LogP contribution in [0.1, 0.15) is 0 Å². The first-order valence-corrected chi connectivity index (χ1v) is 10.5. The van der Waals surface area contributed by atoms with Crippen LogP contribution in [-0.2, 0) is 0 Å². The van der Waals surface area contributed by atoms with Crippen LogP contribution in [0.4, 0.5) is 0 Å². The summed E-state index contributed by atoms with van der Waals surface area (Å²) in [6, 6.07) is 29.3. The monoisotopic (exact) mass is 411 g/mol. The number of hydrogen-bond acceptors (Lipinski definition) is 3. The Labute approximate surface area is 183 Å². The maximum Gasteiger partial charge on any atom is 0.141 e. The molecule has 0 bridgehead atoms. The van der Waals surface area contributed by atoms with Crippen LogP contribution < -0.4 is 0 Å². The Kier molecular flexibility index (Phi) is 3.49. The van der Waals surface area contributed by atoms with E-state index < -0.39 is 0 Å². The molecule has 32 heavy (non-hydrogen) atoms. The molecule has 0 unspecified atom stereocenters. The fraction of sp³-hybridized carbons (Fsp3) is 0. The van der Waals surface area contributed by atoms with Crippen molar-refractivity contribution in [2.75, 3.05) is 0 Å². The summed E-state index contributed by atoms with van der Waals surface area (Å²) in [4.78, 5) is 13.7. The predicted octanol–water partition coefficient (Wildman–Crippen LogP) is 6.07. The number of aromatic nitrogens is 5. The smallest absolute Gasteiger partial charge is 0.141 e. The van der Waals surface area contributed by atoms with Crippen LogP contribution in [-0.4, -0.2) is 24.1 Å². The van der Waals surface area contributed by atoms with E-state index in [0.717, 1.165) is 49.9 Å². The van der Waals surface area contributed by atoms with Gasteiger partial charge < -0.3 is 4.57 Å². The number of para-hydroxylation sites is 3. The second-order valence-corrected chi connectivity index (χ2v) is 7.83. The number of hydrogen-bond donors (Lipinski definition) is 0. The van der Waals surface area contributed by atoms with E-state index in [1.165, 1.54) is 5.39 Å². The molecular formula is C27H17N5. The maximum atomic E-state index is 4.96. The van der Waals surface area contributed by atoms with Crippen molar-refractivity contribution in [2.45, 2.75) is 0 Å². The minimum atomic E-state index is 0.824. The van der Waals surface area contributed by atoms with E-state index in [-0.39, 0.29) is 0 Å². The summed E-state index contributed by atoms with van der Waals surface area (Å²) in [5.74, 6) is 0.824. The second kappa shape index (κ2) is 6.49. The van der Waals surface area contributed by atoms with Crippen molar-refractivity contribution in [2.24, 2.45) is 0 Å². The molecular weight excluding hydrogens is 394 g/mol. The highest BCUT2D eigenvalue weighted by Gasteiger charge is 2.21. The molecule has 5 nitrogen and oxygen atoms in total. The molecule has 4 heterocycles. The Balaban J connectivity index is 1.81. The van der Waals surface area contributed by atoms with Gasteiger partial charge >= 0.3 is 0 Å². The van der Waals surface area contributed by atoms with Gasteiger partial charge in [-0.05, 0) is 30.3 Å². The van der Waals surface area contributed by atoms with Gasteiger partial charge in [-0.25, -0.2) is 9.97 Å². The first-order valence-electron chi connectivity index (χ1n) is 10.5. The lowest BCUT2D eigenvalue weighted by atomic mass is 10.2. The molecule has 0 radical (unpaired) electrons. The van der Waals surface area contributed by atoms with E-state index in [9.17, 15) is 0 Å². The van der Waals surface area contributed by atoms with E-state index in [4.69, 9.17) is 4.98 Å². The highest BCUT2D eigenvalue weighted by atomic mass is 15.1. The van der Waals surface area contributed by atoms with Gasteiger partial charge in [0.05, 0.1) is 27.6 Å². The Morgan fingerprint density at radius 1 is 0.562 bits per heavy atom. The third-order valence-corrected chi connectivity index (χ3v) is 6.12. The topological polar surface area (TPSA) is 48.5 Å². The summed E-state index contributed by atoms with van der Waals surface area (Å²) in [5, 5.41) is 3.41. The largest absolute Gasteiger partial charge is 0.307 e. The van der Waals surface area contributed by atoms with Crippen LogP contribution in [0.2, 0.25) is 0 Å². The van der Waals surface area contributed by atoms with Crippen LogP contribution in [0.25, 0.3) is 55.2 Å². The van der Waals surface area contributed by atoms with Crippen LogP contribution in [0.5, 0.6) is 0 Å². The fourth-order valence-corrected chi connectivity index (χ4v) is 4.83. The van der Waals surface area contributed by atoms with Crippen molar-refractivity contribution in [3.63, 3.8) is 0 Å². The molecule has 3 aromatic carbocycles. The summed E-state index contributed by atoms with van der Waals surface area (Å²) in [5.41, 5.74) is 6.48. The summed E-state index contributed by atoms with van der Waals surface area (Å²) in [7, 11) is 0. The number of nitrogens with zero attached hydrogens (tertiary/aromatic N) is 5. The van der Waals surface area contributed by atoms with E-state index in [0.29, 0.717) is 0 Å². The Morgan fingerprint density at radius 3 is 2.06 bits per heavy atom. The van der Waals surface area contributed by atoms with Gasteiger partial charge in [-0.15, -0.1) is 0 Å². The van der Waals surface area contributed by atoms with E-state index >= 15 is 0 Å². The third-order valence-electron chi connectivity index (χ3n) is 6.12. The molecule has 4 aromatic heterocycles. The number of pyridine rings is 1. The average molecular weight is 411 g/mol. The molecule has 0 saturated heterocycles.